The zero-order valence-electron chi connectivity index (χ0n) is 10.2. The van der Waals surface area contributed by atoms with Crippen LogP contribution in [0.5, 0.6) is 0 Å². The molecular weight excluding hydrogens is 235 g/mol. The number of carbonyl (C=O) groups is 2. The van der Waals surface area contributed by atoms with Gasteiger partial charge in [0.05, 0.1) is 12.1 Å². The Morgan fingerprint density at radius 3 is 2.50 bits per heavy atom. The monoisotopic (exact) mass is 252 g/mol. The van der Waals surface area contributed by atoms with E-state index in [0.29, 0.717) is 6.42 Å². The fraction of sp³-hybridized carbons (Fsp3) is 0.385. The van der Waals surface area contributed by atoms with Crippen molar-refractivity contribution < 1.29 is 14.0 Å². The summed E-state index contributed by atoms with van der Waals surface area (Å²) in [6.45, 7) is 0.352. The van der Waals surface area contributed by atoms with E-state index in [9.17, 15) is 14.0 Å². The lowest BCUT2D eigenvalue weighted by atomic mass is 10.1. The van der Waals surface area contributed by atoms with Crippen LogP contribution in [0.3, 0.4) is 0 Å². The Balaban J connectivity index is 2.49. The SMILES string of the molecule is C[C@H](NC(=O)C(N)Cc1ccccc1)C(=O)CF. The fourth-order valence-electron chi connectivity index (χ4n) is 1.48. The van der Waals surface area contributed by atoms with Crippen LogP contribution < -0.4 is 11.1 Å². The minimum Gasteiger partial charge on any atom is -0.345 e. The van der Waals surface area contributed by atoms with Crippen molar-refractivity contribution in [2.24, 2.45) is 5.73 Å². The molecule has 1 unspecified atom stereocenters. The van der Waals surface area contributed by atoms with Crippen LogP contribution >= 0.6 is 0 Å². The Kier molecular flexibility index (Phi) is 5.45. The summed E-state index contributed by atoms with van der Waals surface area (Å²) >= 11 is 0. The number of Topliss-reactive ketones (excluding diaryl/α,β-unsaturated/α-hetero) is 1. The number of benzene rings is 1. The maximum Gasteiger partial charge on any atom is 0.237 e. The van der Waals surface area contributed by atoms with Crippen molar-refractivity contribution in [3.8, 4) is 0 Å². The number of amides is 1. The molecule has 98 valence electrons. The maximum absolute atomic E-state index is 12.1. The third kappa shape index (κ3) is 4.25. The number of hydrogen-bond donors (Lipinski definition) is 2. The van der Waals surface area contributed by atoms with Crippen LogP contribution in [0.15, 0.2) is 30.3 Å². The number of halogens is 1. The van der Waals surface area contributed by atoms with E-state index in [1.165, 1.54) is 6.92 Å². The second-order valence-corrected chi connectivity index (χ2v) is 4.13. The normalized spacial score (nSPS) is 13.7. The standard InChI is InChI=1S/C13H17FN2O2/c1-9(12(17)8-14)16-13(18)11(15)7-10-5-3-2-4-6-10/h2-6,9,11H,7-8,15H2,1H3,(H,16,18)/t9-,11?/m0/s1. The molecule has 0 fully saturated rings. The lowest BCUT2D eigenvalue weighted by Gasteiger charge is -2.15. The third-order valence-electron chi connectivity index (χ3n) is 2.61. The van der Waals surface area contributed by atoms with Crippen LogP contribution in [-0.2, 0) is 16.0 Å². The molecule has 0 spiro atoms. The number of rotatable bonds is 6. The van der Waals surface area contributed by atoms with E-state index in [2.05, 4.69) is 5.32 Å². The van der Waals surface area contributed by atoms with Gasteiger partial charge < -0.3 is 11.1 Å². The first-order chi connectivity index (χ1) is 8.54. The van der Waals surface area contributed by atoms with Crippen molar-refractivity contribution in [2.45, 2.75) is 25.4 Å². The van der Waals surface area contributed by atoms with Crippen LogP contribution in [-0.4, -0.2) is 30.4 Å². The summed E-state index contributed by atoms with van der Waals surface area (Å²) in [6.07, 6.45) is 0.378. The van der Waals surface area contributed by atoms with Crippen molar-refractivity contribution in [1.29, 1.82) is 0 Å². The summed E-state index contributed by atoms with van der Waals surface area (Å²) in [5.41, 5.74) is 6.66. The zero-order chi connectivity index (χ0) is 13.5. The first kappa shape index (κ1) is 14.3. The van der Waals surface area contributed by atoms with E-state index in [4.69, 9.17) is 5.73 Å². The van der Waals surface area contributed by atoms with E-state index >= 15 is 0 Å². The Labute approximate surface area is 105 Å². The summed E-state index contributed by atoms with van der Waals surface area (Å²) in [6, 6.07) is 7.72. The smallest absolute Gasteiger partial charge is 0.237 e. The average Bonchev–Trinajstić information content (AvgIpc) is 2.38. The zero-order valence-corrected chi connectivity index (χ0v) is 10.2. The number of nitrogens with two attached hydrogens (primary N) is 1. The fourth-order valence-corrected chi connectivity index (χ4v) is 1.48. The molecular formula is C13H17FN2O2. The van der Waals surface area contributed by atoms with E-state index in [0.717, 1.165) is 5.56 Å². The average molecular weight is 252 g/mol. The van der Waals surface area contributed by atoms with Crippen LogP contribution in [0.1, 0.15) is 12.5 Å². The van der Waals surface area contributed by atoms with Gasteiger partial charge in [0.15, 0.2) is 5.78 Å². The predicted octanol–water partition coefficient (Wildman–Crippen LogP) is 0.600. The second kappa shape index (κ2) is 6.86. The van der Waals surface area contributed by atoms with Gasteiger partial charge in [-0.3, -0.25) is 9.59 Å². The molecule has 0 aliphatic rings. The Morgan fingerprint density at radius 1 is 1.33 bits per heavy atom. The molecule has 1 aromatic carbocycles. The molecule has 2 atom stereocenters. The number of nitrogens with one attached hydrogen (secondary N) is 1. The highest BCUT2D eigenvalue weighted by molar-refractivity contribution is 5.91. The summed E-state index contributed by atoms with van der Waals surface area (Å²) < 4.78 is 12.1. The molecule has 0 saturated heterocycles. The van der Waals surface area contributed by atoms with Gasteiger partial charge >= 0.3 is 0 Å². The van der Waals surface area contributed by atoms with Gasteiger partial charge in [0.25, 0.3) is 0 Å². The molecule has 1 amide bonds. The van der Waals surface area contributed by atoms with Gasteiger partial charge in [0.1, 0.15) is 6.67 Å². The van der Waals surface area contributed by atoms with Crippen molar-refractivity contribution in [2.75, 3.05) is 6.67 Å². The Hall–Kier alpha value is -1.75. The van der Waals surface area contributed by atoms with Gasteiger partial charge in [-0.25, -0.2) is 4.39 Å². The van der Waals surface area contributed by atoms with Crippen molar-refractivity contribution in [3.05, 3.63) is 35.9 Å². The van der Waals surface area contributed by atoms with Crippen LogP contribution in [0.25, 0.3) is 0 Å². The predicted molar refractivity (Wildman–Crippen MR) is 66.7 cm³/mol. The molecule has 0 aliphatic carbocycles. The highest BCUT2D eigenvalue weighted by Gasteiger charge is 2.19. The molecule has 0 aromatic heterocycles. The Bertz CT molecular complexity index is 409. The first-order valence-corrected chi connectivity index (χ1v) is 5.73. The quantitative estimate of drug-likeness (QED) is 0.778. The van der Waals surface area contributed by atoms with E-state index in [1.807, 2.05) is 30.3 Å². The van der Waals surface area contributed by atoms with Gasteiger partial charge in [-0.1, -0.05) is 30.3 Å². The molecule has 18 heavy (non-hydrogen) atoms. The topological polar surface area (TPSA) is 72.2 Å². The highest BCUT2D eigenvalue weighted by atomic mass is 19.1. The highest BCUT2D eigenvalue weighted by Crippen LogP contribution is 2.02. The Morgan fingerprint density at radius 2 is 1.94 bits per heavy atom. The van der Waals surface area contributed by atoms with Gasteiger partial charge in [-0.2, -0.15) is 0 Å². The molecule has 5 heteroatoms. The molecule has 0 aliphatic heterocycles. The van der Waals surface area contributed by atoms with Gasteiger partial charge in [-0.15, -0.1) is 0 Å². The molecule has 1 aromatic rings. The lowest BCUT2D eigenvalue weighted by molar-refractivity contribution is -0.128. The van der Waals surface area contributed by atoms with Crippen LogP contribution in [0.2, 0.25) is 0 Å². The minimum absolute atomic E-state index is 0.378. The minimum atomic E-state index is -1.09. The molecule has 3 N–H and O–H groups in total. The first-order valence-electron chi connectivity index (χ1n) is 5.73. The largest absolute Gasteiger partial charge is 0.345 e. The van der Waals surface area contributed by atoms with Gasteiger partial charge in [-0.05, 0) is 18.9 Å². The van der Waals surface area contributed by atoms with Gasteiger partial charge in [0.2, 0.25) is 5.91 Å². The van der Waals surface area contributed by atoms with Crippen LogP contribution in [0.4, 0.5) is 4.39 Å². The van der Waals surface area contributed by atoms with E-state index in [1.54, 1.807) is 0 Å². The van der Waals surface area contributed by atoms with Crippen molar-refractivity contribution in [3.63, 3.8) is 0 Å². The maximum atomic E-state index is 12.1. The number of hydrogen-bond acceptors (Lipinski definition) is 3. The summed E-state index contributed by atoms with van der Waals surface area (Å²) in [4.78, 5) is 22.7. The molecule has 0 radical (unpaired) electrons. The summed E-state index contributed by atoms with van der Waals surface area (Å²) in [5, 5.41) is 2.40. The molecule has 0 heterocycles. The molecule has 0 saturated carbocycles. The third-order valence-corrected chi connectivity index (χ3v) is 2.61. The van der Waals surface area contributed by atoms with Gasteiger partial charge in [0, 0.05) is 0 Å². The van der Waals surface area contributed by atoms with E-state index in [-0.39, 0.29) is 0 Å². The second-order valence-electron chi connectivity index (χ2n) is 4.13. The van der Waals surface area contributed by atoms with Crippen LogP contribution in [0, 0.1) is 0 Å². The van der Waals surface area contributed by atoms with Crippen molar-refractivity contribution in [1.82, 2.24) is 5.32 Å². The summed E-state index contributed by atoms with van der Waals surface area (Å²) in [5.74, 6) is -1.11. The van der Waals surface area contributed by atoms with Crippen molar-refractivity contribution >= 4 is 11.7 Å². The number of ketones is 1. The van der Waals surface area contributed by atoms with E-state index < -0.39 is 30.4 Å². The lowest BCUT2D eigenvalue weighted by Crippen LogP contribution is -2.48. The molecule has 4 nitrogen and oxygen atoms in total. The summed E-state index contributed by atoms with van der Waals surface area (Å²) in [7, 11) is 0. The number of carbonyl (C=O) groups excluding carboxylic acids is 2. The molecule has 0 bridgehead atoms. The molecule has 1 rings (SSSR count). The number of alkyl halides is 1.